The molecule has 2 aromatic carbocycles. The van der Waals surface area contributed by atoms with Gasteiger partial charge in [-0.2, -0.15) is 0 Å². The SMILES string of the molecule is O=C(c1ccc(Nc2ccccc2Oc2ccccc2)nc1)N1CCCC1. The maximum Gasteiger partial charge on any atom is 0.255 e. The Balaban J connectivity index is 1.48. The highest BCUT2D eigenvalue weighted by atomic mass is 16.5. The fourth-order valence-corrected chi connectivity index (χ4v) is 3.11. The van der Waals surface area contributed by atoms with Crippen LogP contribution in [0.4, 0.5) is 11.5 Å². The van der Waals surface area contributed by atoms with Gasteiger partial charge in [-0.05, 0) is 49.2 Å². The van der Waals surface area contributed by atoms with E-state index in [1.807, 2.05) is 71.6 Å². The highest BCUT2D eigenvalue weighted by Crippen LogP contribution is 2.31. The van der Waals surface area contributed by atoms with Gasteiger partial charge in [-0.1, -0.05) is 30.3 Å². The number of carbonyl (C=O) groups is 1. The third-order valence-corrected chi connectivity index (χ3v) is 4.52. The smallest absolute Gasteiger partial charge is 0.255 e. The van der Waals surface area contributed by atoms with Gasteiger partial charge in [0.1, 0.15) is 11.6 Å². The summed E-state index contributed by atoms with van der Waals surface area (Å²) in [6, 6.07) is 21.0. The van der Waals surface area contributed by atoms with Crippen molar-refractivity contribution in [2.45, 2.75) is 12.8 Å². The van der Waals surface area contributed by atoms with Crippen molar-refractivity contribution in [2.24, 2.45) is 0 Å². The van der Waals surface area contributed by atoms with Gasteiger partial charge >= 0.3 is 0 Å². The zero-order valence-corrected chi connectivity index (χ0v) is 15.0. The number of likely N-dealkylation sites (tertiary alicyclic amines) is 1. The highest BCUT2D eigenvalue weighted by Gasteiger charge is 2.19. The highest BCUT2D eigenvalue weighted by molar-refractivity contribution is 5.94. The van der Waals surface area contributed by atoms with E-state index in [1.165, 1.54) is 0 Å². The third kappa shape index (κ3) is 4.08. The van der Waals surface area contributed by atoms with Crippen LogP contribution >= 0.6 is 0 Å². The first kappa shape index (κ1) is 17.1. The van der Waals surface area contributed by atoms with E-state index >= 15 is 0 Å². The molecule has 1 aromatic heterocycles. The minimum Gasteiger partial charge on any atom is -0.455 e. The van der Waals surface area contributed by atoms with Crippen molar-refractivity contribution in [3.8, 4) is 11.5 Å². The molecule has 0 unspecified atom stereocenters. The van der Waals surface area contributed by atoms with Gasteiger partial charge in [0.15, 0.2) is 5.75 Å². The van der Waals surface area contributed by atoms with Crippen molar-refractivity contribution in [3.63, 3.8) is 0 Å². The number of hydrogen-bond donors (Lipinski definition) is 1. The van der Waals surface area contributed by atoms with Gasteiger partial charge < -0.3 is 15.0 Å². The van der Waals surface area contributed by atoms with Crippen molar-refractivity contribution in [1.82, 2.24) is 9.88 Å². The molecule has 0 saturated carbocycles. The minimum atomic E-state index is 0.0550. The number of nitrogens with zero attached hydrogens (tertiary/aromatic N) is 2. The second-order valence-corrected chi connectivity index (χ2v) is 6.47. The molecule has 4 rings (SSSR count). The van der Waals surface area contributed by atoms with Crippen LogP contribution in [0.2, 0.25) is 0 Å². The lowest BCUT2D eigenvalue weighted by molar-refractivity contribution is 0.0792. The number of carbonyl (C=O) groups excluding carboxylic acids is 1. The normalized spacial score (nSPS) is 13.4. The van der Waals surface area contributed by atoms with Crippen molar-refractivity contribution in [3.05, 3.63) is 78.5 Å². The van der Waals surface area contributed by atoms with Gasteiger partial charge in [0, 0.05) is 19.3 Å². The first-order valence-corrected chi connectivity index (χ1v) is 9.14. The van der Waals surface area contributed by atoms with Crippen molar-refractivity contribution >= 4 is 17.4 Å². The average molecular weight is 359 g/mol. The van der Waals surface area contributed by atoms with Gasteiger partial charge in [0.05, 0.1) is 11.3 Å². The summed E-state index contributed by atoms with van der Waals surface area (Å²) in [6.45, 7) is 1.67. The zero-order valence-electron chi connectivity index (χ0n) is 15.0. The van der Waals surface area contributed by atoms with Crippen LogP contribution in [0.1, 0.15) is 23.2 Å². The summed E-state index contributed by atoms with van der Waals surface area (Å²) < 4.78 is 5.96. The van der Waals surface area contributed by atoms with Crippen molar-refractivity contribution < 1.29 is 9.53 Å². The number of ether oxygens (including phenoxy) is 1. The molecule has 0 radical (unpaired) electrons. The first-order valence-electron chi connectivity index (χ1n) is 9.14. The number of anilines is 2. The van der Waals surface area contributed by atoms with E-state index in [1.54, 1.807) is 6.20 Å². The molecule has 27 heavy (non-hydrogen) atoms. The molecule has 3 aromatic rings. The van der Waals surface area contributed by atoms with Crippen LogP contribution in [0.3, 0.4) is 0 Å². The number of benzene rings is 2. The molecular weight excluding hydrogens is 338 g/mol. The van der Waals surface area contributed by atoms with E-state index in [4.69, 9.17) is 4.74 Å². The second kappa shape index (κ2) is 7.91. The Kier molecular flexibility index (Phi) is 5.01. The number of para-hydroxylation sites is 3. The number of nitrogens with one attached hydrogen (secondary N) is 1. The van der Waals surface area contributed by atoms with Gasteiger partial charge in [-0.15, -0.1) is 0 Å². The summed E-state index contributed by atoms with van der Waals surface area (Å²) >= 11 is 0. The van der Waals surface area contributed by atoms with Crippen molar-refractivity contribution in [1.29, 1.82) is 0 Å². The summed E-state index contributed by atoms with van der Waals surface area (Å²) in [5, 5.41) is 3.27. The Bertz CT molecular complexity index is 904. The fraction of sp³-hybridized carbons (Fsp3) is 0.182. The molecule has 0 atom stereocenters. The first-order chi connectivity index (χ1) is 13.3. The Morgan fingerprint density at radius 2 is 1.67 bits per heavy atom. The predicted octanol–water partition coefficient (Wildman–Crippen LogP) is 4.85. The lowest BCUT2D eigenvalue weighted by Gasteiger charge is -2.15. The largest absolute Gasteiger partial charge is 0.455 e. The lowest BCUT2D eigenvalue weighted by atomic mass is 10.2. The van der Waals surface area contributed by atoms with E-state index in [2.05, 4.69) is 10.3 Å². The molecule has 0 aliphatic carbocycles. The Morgan fingerprint density at radius 3 is 2.41 bits per heavy atom. The average Bonchev–Trinajstić information content (AvgIpc) is 3.25. The summed E-state index contributed by atoms with van der Waals surface area (Å²) in [6.07, 6.45) is 3.79. The van der Waals surface area contributed by atoms with Crippen LogP contribution in [-0.2, 0) is 0 Å². The van der Waals surface area contributed by atoms with Gasteiger partial charge in [0.25, 0.3) is 5.91 Å². The molecule has 1 aliphatic rings. The van der Waals surface area contributed by atoms with Crippen LogP contribution in [0.15, 0.2) is 72.9 Å². The number of pyridine rings is 1. The number of amides is 1. The van der Waals surface area contributed by atoms with Crippen LogP contribution in [0, 0.1) is 0 Å². The fourth-order valence-electron chi connectivity index (χ4n) is 3.11. The Morgan fingerprint density at radius 1 is 0.926 bits per heavy atom. The Hall–Kier alpha value is -3.34. The van der Waals surface area contributed by atoms with E-state index in [-0.39, 0.29) is 5.91 Å². The predicted molar refractivity (Wildman–Crippen MR) is 106 cm³/mol. The number of rotatable bonds is 5. The molecule has 2 heterocycles. The van der Waals surface area contributed by atoms with Crippen molar-refractivity contribution in [2.75, 3.05) is 18.4 Å². The second-order valence-electron chi connectivity index (χ2n) is 6.47. The maximum absolute atomic E-state index is 12.4. The lowest BCUT2D eigenvalue weighted by Crippen LogP contribution is -2.27. The molecule has 136 valence electrons. The molecule has 5 heteroatoms. The molecule has 0 bridgehead atoms. The van der Waals surface area contributed by atoms with E-state index in [0.29, 0.717) is 17.1 Å². The molecule has 1 amide bonds. The number of aromatic nitrogens is 1. The standard InChI is InChI=1S/C22H21N3O2/c26-22(25-14-6-7-15-25)17-12-13-21(23-16-17)24-19-10-4-5-11-20(19)27-18-8-2-1-3-9-18/h1-5,8-13,16H,6-7,14-15H2,(H,23,24). The maximum atomic E-state index is 12.4. The molecule has 1 fully saturated rings. The van der Waals surface area contributed by atoms with Crippen LogP contribution in [0.5, 0.6) is 11.5 Å². The summed E-state index contributed by atoms with van der Waals surface area (Å²) in [5.41, 5.74) is 1.43. The van der Waals surface area contributed by atoms with E-state index in [0.717, 1.165) is 37.4 Å². The van der Waals surface area contributed by atoms with E-state index in [9.17, 15) is 4.79 Å². The topological polar surface area (TPSA) is 54.5 Å². The Labute approximate surface area is 158 Å². The van der Waals surface area contributed by atoms with Gasteiger partial charge in [-0.3, -0.25) is 4.79 Å². The summed E-state index contributed by atoms with van der Waals surface area (Å²) in [5.74, 6) is 2.20. The summed E-state index contributed by atoms with van der Waals surface area (Å²) in [7, 11) is 0. The van der Waals surface area contributed by atoms with Gasteiger partial charge in [0.2, 0.25) is 0 Å². The van der Waals surface area contributed by atoms with Crippen LogP contribution in [0.25, 0.3) is 0 Å². The number of hydrogen-bond acceptors (Lipinski definition) is 4. The summed E-state index contributed by atoms with van der Waals surface area (Å²) in [4.78, 5) is 18.7. The zero-order chi connectivity index (χ0) is 18.5. The quantitative estimate of drug-likeness (QED) is 0.707. The molecule has 5 nitrogen and oxygen atoms in total. The van der Waals surface area contributed by atoms with E-state index < -0.39 is 0 Å². The minimum absolute atomic E-state index is 0.0550. The van der Waals surface area contributed by atoms with Crippen LogP contribution in [-0.4, -0.2) is 28.9 Å². The molecular formula is C22H21N3O2. The molecule has 1 aliphatic heterocycles. The van der Waals surface area contributed by atoms with Crippen LogP contribution < -0.4 is 10.1 Å². The molecule has 1 saturated heterocycles. The molecule has 1 N–H and O–H groups in total. The third-order valence-electron chi connectivity index (χ3n) is 4.52. The molecule has 0 spiro atoms. The van der Waals surface area contributed by atoms with Gasteiger partial charge in [-0.25, -0.2) is 4.98 Å². The monoisotopic (exact) mass is 359 g/mol.